The van der Waals surface area contributed by atoms with E-state index in [1.165, 1.54) is 6.92 Å². The number of carbonyl (C=O) groups excluding carboxylic acids is 2. The quantitative estimate of drug-likeness (QED) is 0.511. The molecule has 70 valence electrons. The topological polar surface area (TPSA) is 39.1 Å². The van der Waals surface area contributed by atoms with Gasteiger partial charge < -0.3 is 4.57 Å². The Hall–Kier alpha value is -1.38. The highest BCUT2D eigenvalue weighted by atomic mass is 16.1. The van der Waals surface area contributed by atoms with E-state index in [1.54, 1.807) is 18.5 Å². The number of aromatic nitrogens is 1. The summed E-state index contributed by atoms with van der Waals surface area (Å²) in [5.74, 6) is 0.0127. The lowest BCUT2D eigenvalue weighted by atomic mass is 10.1. The van der Waals surface area contributed by atoms with E-state index < -0.39 is 0 Å². The van der Waals surface area contributed by atoms with E-state index in [9.17, 15) is 9.59 Å². The van der Waals surface area contributed by atoms with Crippen LogP contribution in [-0.4, -0.2) is 16.6 Å². The number of ketones is 1. The molecule has 0 saturated carbocycles. The molecule has 13 heavy (non-hydrogen) atoms. The van der Waals surface area contributed by atoms with Crippen LogP contribution in [0.5, 0.6) is 0 Å². The minimum atomic E-state index is 0.0127. The molecule has 0 N–H and O–H groups in total. The lowest BCUT2D eigenvalue weighted by Gasteiger charge is -1.98. The van der Waals surface area contributed by atoms with Crippen LogP contribution in [0, 0.1) is 13.8 Å². The first-order valence-corrected chi connectivity index (χ1v) is 4.12. The summed E-state index contributed by atoms with van der Waals surface area (Å²) in [4.78, 5) is 21.9. The van der Waals surface area contributed by atoms with Gasteiger partial charge in [0.05, 0.1) is 5.69 Å². The van der Waals surface area contributed by atoms with Crippen molar-refractivity contribution in [1.29, 1.82) is 0 Å². The van der Waals surface area contributed by atoms with Crippen molar-refractivity contribution >= 4 is 12.1 Å². The minimum absolute atomic E-state index is 0.0127. The van der Waals surface area contributed by atoms with E-state index in [1.807, 2.05) is 6.92 Å². The maximum Gasteiger partial charge on any atom is 0.166 e. The molecule has 0 atom stereocenters. The average molecular weight is 179 g/mol. The molecular formula is C10H13NO2. The Morgan fingerprint density at radius 1 is 1.38 bits per heavy atom. The molecule has 1 aromatic rings. The Kier molecular flexibility index (Phi) is 2.36. The Labute approximate surface area is 77.4 Å². The summed E-state index contributed by atoms with van der Waals surface area (Å²) in [5, 5.41) is 0. The van der Waals surface area contributed by atoms with Gasteiger partial charge >= 0.3 is 0 Å². The molecule has 1 aromatic heterocycles. The SMILES string of the molecule is CC(=O)c1c(C)c(C=O)n(C)c1C. The van der Waals surface area contributed by atoms with E-state index in [-0.39, 0.29) is 5.78 Å². The molecular weight excluding hydrogens is 166 g/mol. The standard InChI is InChI=1S/C10H13NO2/c1-6-9(5-12)11(4)7(2)10(6)8(3)13/h5H,1-4H3. The van der Waals surface area contributed by atoms with Crippen LogP contribution in [0.25, 0.3) is 0 Å². The van der Waals surface area contributed by atoms with Gasteiger partial charge in [0, 0.05) is 18.3 Å². The lowest BCUT2D eigenvalue weighted by Crippen LogP contribution is -1.98. The zero-order valence-corrected chi connectivity index (χ0v) is 8.34. The van der Waals surface area contributed by atoms with Gasteiger partial charge in [-0.25, -0.2) is 0 Å². The van der Waals surface area contributed by atoms with Crippen LogP contribution >= 0.6 is 0 Å². The summed E-state index contributed by atoms with van der Waals surface area (Å²) in [5.41, 5.74) is 2.89. The van der Waals surface area contributed by atoms with Gasteiger partial charge in [0.15, 0.2) is 12.1 Å². The number of Topliss-reactive ketones (excluding diaryl/α,β-unsaturated/α-hetero) is 1. The fourth-order valence-corrected chi connectivity index (χ4v) is 1.69. The maximum atomic E-state index is 11.2. The van der Waals surface area contributed by atoms with Crippen molar-refractivity contribution in [2.45, 2.75) is 20.8 Å². The second kappa shape index (κ2) is 3.17. The van der Waals surface area contributed by atoms with Crippen LogP contribution in [0.15, 0.2) is 0 Å². The first-order chi connectivity index (χ1) is 6.00. The van der Waals surface area contributed by atoms with Crippen molar-refractivity contribution in [3.8, 4) is 0 Å². The first-order valence-electron chi connectivity index (χ1n) is 4.12. The van der Waals surface area contributed by atoms with Gasteiger partial charge in [0.1, 0.15) is 0 Å². The summed E-state index contributed by atoms with van der Waals surface area (Å²) >= 11 is 0. The van der Waals surface area contributed by atoms with Gasteiger partial charge in [0.2, 0.25) is 0 Å². The third-order valence-corrected chi connectivity index (χ3v) is 2.45. The highest BCUT2D eigenvalue weighted by Crippen LogP contribution is 2.19. The fraction of sp³-hybridized carbons (Fsp3) is 0.400. The summed E-state index contributed by atoms with van der Waals surface area (Å²) in [6.45, 7) is 5.16. The number of rotatable bonds is 2. The molecule has 0 radical (unpaired) electrons. The minimum Gasteiger partial charge on any atom is -0.345 e. The van der Waals surface area contributed by atoms with Gasteiger partial charge in [-0.2, -0.15) is 0 Å². The third-order valence-electron chi connectivity index (χ3n) is 2.45. The van der Waals surface area contributed by atoms with Crippen LogP contribution in [0.4, 0.5) is 0 Å². The molecule has 0 saturated heterocycles. The number of carbonyl (C=O) groups is 2. The molecule has 0 fully saturated rings. The molecule has 0 unspecified atom stereocenters. The Balaban J connectivity index is 3.54. The van der Waals surface area contributed by atoms with Crippen LogP contribution in [0.3, 0.4) is 0 Å². The molecule has 1 rings (SSSR count). The monoisotopic (exact) mass is 179 g/mol. The number of aldehydes is 1. The van der Waals surface area contributed by atoms with Gasteiger partial charge in [-0.05, 0) is 26.3 Å². The number of hydrogen-bond acceptors (Lipinski definition) is 2. The van der Waals surface area contributed by atoms with Gasteiger partial charge in [0.25, 0.3) is 0 Å². The molecule has 0 spiro atoms. The predicted octanol–water partition coefficient (Wildman–Crippen LogP) is 1.66. The number of hydrogen-bond donors (Lipinski definition) is 0. The summed E-state index contributed by atoms with van der Waals surface area (Å²) in [6, 6.07) is 0. The van der Waals surface area contributed by atoms with Crippen LogP contribution in [0.2, 0.25) is 0 Å². The lowest BCUT2D eigenvalue weighted by molar-refractivity contribution is 0.101. The second-order valence-electron chi connectivity index (χ2n) is 3.20. The van der Waals surface area contributed by atoms with Gasteiger partial charge in [-0.3, -0.25) is 9.59 Å². The van der Waals surface area contributed by atoms with E-state index >= 15 is 0 Å². The molecule has 3 heteroatoms. The molecule has 0 bridgehead atoms. The largest absolute Gasteiger partial charge is 0.345 e. The Morgan fingerprint density at radius 2 is 1.92 bits per heavy atom. The normalized spacial score (nSPS) is 10.2. The first kappa shape index (κ1) is 9.71. The van der Waals surface area contributed by atoms with Crippen LogP contribution in [-0.2, 0) is 7.05 Å². The van der Waals surface area contributed by atoms with Crippen molar-refractivity contribution in [3.63, 3.8) is 0 Å². The average Bonchev–Trinajstić information content (AvgIpc) is 2.24. The highest BCUT2D eigenvalue weighted by Gasteiger charge is 2.17. The molecule has 0 aliphatic carbocycles. The zero-order chi connectivity index (χ0) is 10.2. The second-order valence-corrected chi connectivity index (χ2v) is 3.20. The molecule has 0 aromatic carbocycles. The fourth-order valence-electron chi connectivity index (χ4n) is 1.69. The van der Waals surface area contributed by atoms with Crippen LogP contribution in [0.1, 0.15) is 39.0 Å². The van der Waals surface area contributed by atoms with Crippen molar-refractivity contribution in [3.05, 3.63) is 22.5 Å². The summed E-state index contributed by atoms with van der Waals surface area (Å²) in [6.07, 6.45) is 0.786. The third kappa shape index (κ3) is 1.30. The van der Waals surface area contributed by atoms with E-state index in [2.05, 4.69) is 0 Å². The molecule has 0 aliphatic rings. The molecule has 0 amide bonds. The zero-order valence-electron chi connectivity index (χ0n) is 8.34. The molecule has 3 nitrogen and oxygen atoms in total. The molecule has 0 aliphatic heterocycles. The van der Waals surface area contributed by atoms with Crippen molar-refractivity contribution in [2.24, 2.45) is 7.05 Å². The van der Waals surface area contributed by atoms with E-state index in [0.717, 1.165) is 17.5 Å². The van der Waals surface area contributed by atoms with Crippen LogP contribution < -0.4 is 0 Å². The summed E-state index contributed by atoms with van der Waals surface area (Å²) in [7, 11) is 1.79. The van der Waals surface area contributed by atoms with E-state index in [4.69, 9.17) is 0 Å². The number of nitrogens with zero attached hydrogens (tertiary/aromatic N) is 1. The summed E-state index contributed by atoms with van der Waals surface area (Å²) < 4.78 is 1.75. The van der Waals surface area contributed by atoms with E-state index in [0.29, 0.717) is 11.3 Å². The van der Waals surface area contributed by atoms with Crippen molar-refractivity contribution in [2.75, 3.05) is 0 Å². The Bertz CT molecular complexity index is 375. The van der Waals surface area contributed by atoms with Crippen molar-refractivity contribution < 1.29 is 9.59 Å². The highest BCUT2D eigenvalue weighted by molar-refractivity contribution is 5.99. The molecule has 1 heterocycles. The Morgan fingerprint density at radius 3 is 2.15 bits per heavy atom. The predicted molar refractivity (Wildman–Crippen MR) is 50.3 cm³/mol. The van der Waals surface area contributed by atoms with Gasteiger partial charge in [-0.15, -0.1) is 0 Å². The maximum absolute atomic E-state index is 11.2. The smallest absolute Gasteiger partial charge is 0.166 e. The van der Waals surface area contributed by atoms with Crippen molar-refractivity contribution in [1.82, 2.24) is 4.57 Å². The van der Waals surface area contributed by atoms with Gasteiger partial charge in [-0.1, -0.05) is 0 Å².